The molecule has 0 unspecified atom stereocenters. The summed E-state index contributed by atoms with van der Waals surface area (Å²) in [4.78, 5) is 13.3. The number of aromatic hydroxyl groups is 1. The van der Waals surface area contributed by atoms with Gasteiger partial charge in [-0.1, -0.05) is 41.5 Å². The Morgan fingerprint density at radius 2 is 1.27 bits per heavy atom. The number of piperidine rings is 1. The van der Waals surface area contributed by atoms with E-state index in [1.165, 1.54) is 5.06 Å². The van der Waals surface area contributed by atoms with Crippen LogP contribution < -0.4 is 0 Å². The molecule has 2 rings (SSSR count). The van der Waals surface area contributed by atoms with Crippen molar-refractivity contribution in [2.24, 2.45) is 0 Å². The second-order valence-electron chi connectivity index (χ2n) is 12.5. The van der Waals surface area contributed by atoms with Crippen LogP contribution in [0.1, 0.15) is 110 Å². The smallest absolute Gasteiger partial charge is 0.338 e. The van der Waals surface area contributed by atoms with Crippen LogP contribution >= 0.6 is 0 Å². The number of esters is 1. The summed E-state index contributed by atoms with van der Waals surface area (Å²) < 4.78 is 6.10. The highest BCUT2D eigenvalue weighted by molar-refractivity contribution is 5.91. The van der Waals surface area contributed by atoms with Gasteiger partial charge in [0.25, 0.3) is 0 Å². The summed E-state index contributed by atoms with van der Waals surface area (Å²) in [6.45, 7) is 21.9. The second-order valence-corrected chi connectivity index (χ2v) is 12.5. The highest BCUT2D eigenvalue weighted by Crippen LogP contribution is 2.45. The Kier molecular flexibility index (Phi) is 5.95. The molecule has 30 heavy (non-hydrogen) atoms. The van der Waals surface area contributed by atoms with E-state index in [9.17, 15) is 15.1 Å². The van der Waals surface area contributed by atoms with E-state index in [1.54, 1.807) is 12.1 Å². The summed E-state index contributed by atoms with van der Waals surface area (Å²) in [7, 11) is 0. The summed E-state index contributed by atoms with van der Waals surface area (Å²) in [5.74, 6) is -0.153. The van der Waals surface area contributed by atoms with E-state index in [0.717, 1.165) is 11.1 Å². The molecule has 1 fully saturated rings. The van der Waals surface area contributed by atoms with E-state index in [4.69, 9.17) is 4.74 Å². The van der Waals surface area contributed by atoms with Crippen molar-refractivity contribution in [3.05, 3.63) is 28.8 Å². The van der Waals surface area contributed by atoms with E-state index in [-0.39, 0.29) is 16.6 Å². The number of carbonyl (C=O) groups is 1. The van der Waals surface area contributed by atoms with Gasteiger partial charge < -0.3 is 15.1 Å². The molecule has 0 saturated carbocycles. The van der Waals surface area contributed by atoms with Gasteiger partial charge in [0.1, 0.15) is 11.4 Å². The average Bonchev–Trinajstić information content (AvgIpc) is 2.49. The predicted molar refractivity (Wildman–Crippen MR) is 120 cm³/mol. The standard InChI is InChI=1S/C25H41NO4/c1-21(2,3)17-12-16(13-18(19(17)27)22(4,5)6)20(28)30-25(11)14-23(7,8)26(29)24(9,10)15-25/h12-13,27,29H,14-15H2,1-11H3. The zero-order valence-corrected chi connectivity index (χ0v) is 20.7. The van der Waals surface area contributed by atoms with Gasteiger partial charge >= 0.3 is 5.97 Å². The molecule has 1 aliphatic heterocycles. The zero-order valence-electron chi connectivity index (χ0n) is 20.7. The van der Waals surface area contributed by atoms with Crippen LogP contribution in [0.4, 0.5) is 0 Å². The van der Waals surface area contributed by atoms with Crippen LogP contribution in [0.25, 0.3) is 0 Å². The van der Waals surface area contributed by atoms with Gasteiger partial charge in [0.2, 0.25) is 0 Å². The Morgan fingerprint density at radius 3 is 1.60 bits per heavy atom. The predicted octanol–water partition coefficient (Wildman–Crippen LogP) is 5.94. The number of rotatable bonds is 2. The maximum Gasteiger partial charge on any atom is 0.338 e. The summed E-state index contributed by atoms with van der Waals surface area (Å²) >= 11 is 0. The Morgan fingerprint density at radius 1 is 0.900 bits per heavy atom. The van der Waals surface area contributed by atoms with Gasteiger partial charge in [-0.15, -0.1) is 0 Å². The molecule has 0 radical (unpaired) electrons. The molecule has 1 aromatic carbocycles. The minimum absolute atomic E-state index is 0.244. The number of benzene rings is 1. The Bertz CT molecular complexity index is 772. The molecule has 5 nitrogen and oxygen atoms in total. The molecule has 5 heteroatoms. The van der Waals surface area contributed by atoms with Crippen LogP contribution in [-0.2, 0) is 15.6 Å². The van der Waals surface area contributed by atoms with Crippen molar-refractivity contribution in [2.45, 2.75) is 117 Å². The molecule has 0 amide bonds. The van der Waals surface area contributed by atoms with E-state index >= 15 is 0 Å². The SMILES string of the molecule is CC1(OC(=O)c2cc(C(C)(C)C)c(O)c(C(C)(C)C)c2)CC(C)(C)N(O)C(C)(C)C1. The number of ether oxygens (including phenoxy) is 1. The van der Waals surface area contributed by atoms with Crippen molar-refractivity contribution in [2.75, 3.05) is 0 Å². The van der Waals surface area contributed by atoms with Crippen molar-refractivity contribution in [1.82, 2.24) is 5.06 Å². The Labute approximate surface area is 182 Å². The molecule has 2 N–H and O–H groups in total. The van der Waals surface area contributed by atoms with Gasteiger partial charge in [-0.2, -0.15) is 5.06 Å². The molecule has 1 heterocycles. The van der Waals surface area contributed by atoms with E-state index in [0.29, 0.717) is 18.4 Å². The lowest BCUT2D eigenvalue weighted by molar-refractivity contribution is -0.271. The lowest BCUT2D eigenvalue weighted by Crippen LogP contribution is -2.64. The summed E-state index contributed by atoms with van der Waals surface area (Å²) in [5.41, 5.74) is -0.503. The molecule has 1 aromatic rings. The van der Waals surface area contributed by atoms with Gasteiger partial charge in [0.05, 0.1) is 5.56 Å². The first-order valence-electron chi connectivity index (χ1n) is 10.8. The maximum absolute atomic E-state index is 13.3. The lowest BCUT2D eigenvalue weighted by Gasteiger charge is -2.54. The fraction of sp³-hybridized carbons (Fsp3) is 0.720. The maximum atomic E-state index is 13.3. The number of nitrogens with zero attached hydrogens (tertiary/aromatic N) is 1. The highest BCUT2D eigenvalue weighted by Gasteiger charge is 2.52. The molecule has 0 atom stereocenters. The minimum Gasteiger partial charge on any atom is -0.507 e. The molecular weight excluding hydrogens is 378 g/mol. The van der Waals surface area contributed by atoms with Crippen LogP contribution in [0, 0.1) is 0 Å². The third-order valence-corrected chi connectivity index (χ3v) is 6.06. The Hall–Kier alpha value is -1.59. The topological polar surface area (TPSA) is 70.0 Å². The van der Waals surface area contributed by atoms with Crippen LogP contribution in [0.2, 0.25) is 0 Å². The fourth-order valence-corrected chi connectivity index (χ4v) is 5.11. The van der Waals surface area contributed by atoms with E-state index < -0.39 is 22.6 Å². The van der Waals surface area contributed by atoms with Gasteiger partial charge in [-0.05, 0) is 57.6 Å². The van der Waals surface area contributed by atoms with Gasteiger partial charge in [0.15, 0.2) is 0 Å². The minimum atomic E-state index is -0.717. The summed E-state index contributed by atoms with van der Waals surface area (Å²) in [5, 5.41) is 22.9. The molecule has 0 aliphatic carbocycles. The number of phenols is 1. The van der Waals surface area contributed by atoms with Crippen molar-refractivity contribution >= 4 is 5.97 Å². The first-order valence-corrected chi connectivity index (χ1v) is 10.8. The van der Waals surface area contributed by atoms with Crippen LogP contribution in [0.5, 0.6) is 5.75 Å². The molecule has 0 bridgehead atoms. The van der Waals surface area contributed by atoms with Gasteiger partial charge in [-0.3, -0.25) is 0 Å². The van der Waals surface area contributed by atoms with Crippen molar-refractivity contribution in [1.29, 1.82) is 0 Å². The van der Waals surface area contributed by atoms with E-state index in [2.05, 4.69) is 0 Å². The Balaban J connectivity index is 2.49. The quantitative estimate of drug-likeness (QED) is 0.580. The number of carbonyl (C=O) groups excluding carboxylic acids is 1. The molecule has 0 spiro atoms. The van der Waals surface area contributed by atoms with Gasteiger partial charge in [0, 0.05) is 35.0 Å². The monoisotopic (exact) mass is 419 g/mol. The third kappa shape index (κ3) is 4.83. The van der Waals surface area contributed by atoms with Crippen LogP contribution in [-0.4, -0.2) is 38.0 Å². The summed E-state index contributed by atoms with van der Waals surface area (Å²) in [6, 6.07) is 3.52. The number of hydroxylamine groups is 2. The van der Waals surface area contributed by atoms with Crippen LogP contribution in [0.15, 0.2) is 12.1 Å². The van der Waals surface area contributed by atoms with Crippen molar-refractivity contribution in [3.63, 3.8) is 0 Å². The first kappa shape index (κ1) is 24.7. The molecule has 0 aromatic heterocycles. The highest BCUT2D eigenvalue weighted by atomic mass is 16.6. The summed E-state index contributed by atoms with van der Waals surface area (Å²) in [6.07, 6.45) is 1.03. The first-order chi connectivity index (χ1) is 13.2. The molecule has 1 saturated heterocycles. The molecule has 170 valence electrons. The third-order valence-electron chi connectivity index (χ3n) is 6.06. The van der Waals surface area contributed by atoms with Crippen molar-refractivity contribution < 1.29 is 19.8 Å². The lowest BCUT2D eigenvalue weighted by atomic mass is 9.73. The van der Waals surface area contributed by atoms with E-state index in [1.807, 2.05) is 76.2 Å². The number of hydrogen-bond donors (Lipinski definition) is 2. The van der Waals surface area contributed by atoms with Gasteiger partial charge in [-0.25, -0.2) is 4.79 Å². The number of hydrogen-bond acceptors (Lipinski definition) is 5. The number of phenolic OH excluding ortho intramolecular Hbond substituents is 1. The zero-order chi connectivity index (χ0) is 23.5. The largest absolute Gasteiger partial charge is 0.507 e. The fourth-order valence-electron chi connectivity index (χ4n) is 5.11. The normalized spacial score (nSPS) is 21.3. The molecule has 1 aliphatic rings. The average molecular weight is 420 g/mol. The van der Waals surface area contributed by atoms with Crippen molar-refractivity contribution in [3.8, 4) is 5.75 Å². The second kappa shape index (κ2) is 7.23. The van der Waals surface area contributed by atoms with Crippen LogP contribution in [0.3, 0.4) is 0 Å². The molecular formula is C25H41NO4.